The van der Waals surface area contributed by atoms with Crippen molar-refractivity contribution in [1.82, 2.24) is 19.0 Å². The molecule has 1 rings (SSSR count). The molecule has 0 saturated heterocycles. The van der Waals surface area contributed by atoms with Gasteiger partial charge in [-0.05, 0) is 13.3 Å². The van der Waals surface area contributed by atoms with Gasteiger partial charge in [-0.1, -0.05) is 6.92 Å². The van der Waals surface area contributed by atoms with Gasteiger partial charge in [-0.2, -0.15) is 9.40 Å². The molecule has 8 nitrogen and oxygen atoms in total. The Morgan fingerprint density at radius 3 is 2.43 bits per heavy atom. The summed E-state index contributed by atoms with van der Waals surface area (Å²) in [4.78, 5) is 13.1. The van der Waals surface area contributed by atoms with Gasteiger partial charge in [0.2, 0.25) is 15.9 Å². The molecule has 0 aromatic carbocycles. The zero-order valence-corrected chi connectivity index (χ0v) is 13.7. The van der Waals surface area contributed by atoms with E-state index in [4.69, 9.17) is 5.73 Å². The van der Waals surface area contributed by atoms with Crippen molar-refractivity contribution >= 4 is 21.7 Å². The molecule has 1 aromatic heterocycles. The summed E-state index contributed by atoms with van der Waals surface area (Å²) in [7, 11) is -0.663. The molecule has 0 spiro atoms. The molecule has 0 fully saturated rings. The van der Waals surface area contributed by atoms with Crippen LogP contribution in [-0.4, -0.2) is 60.5 Å². The molecule has 0 atom stereocenters. The molecule has 0 unspecified atom stereocenters. The van der Waals surface area contributed by atoms with E-state index < -0.39 is 10.0 Å². The van der Waals surface area contributed by atoms with E-state index in [1.165, 1.54) is 15.8 Å². The Morgan fingerprint density at radius 2 is 2.00 bits per heavy atom. The summed E-state index contributed by atoms with van der Waals surface area (Å²) in [6.07, 6.45) is 2.00. The average Bonchev–Trinajstić information content (AvgIpc) is 2.80. The van der Waals surface area contributed by atoms with Gasteiger partial charge in [0.15, 0.2) is 5.82 Å². The van der Waals surface area contributed by atoms with Crippen molar-refractivity contribution in [2.45, 2.75) is 31.7 Å². The van der Waals surface area contributed by atoms with Gasteiger partial charge in [-0.25, -0.2) is 8.42 Å². The van der Waals surface area contributed by atoms with Crippen molar-refractivity contribution in [3.8, 4) is 0 Å². The van der Waals surface area contributed by atoms with E-state index in [0.29, 0.717) is 13.0 Å². The van der Waals surface area contributed by atoms with Gasteiger partial charge in [0, 0.05) is 33.4 Å². The molecule has 1 aromatic rings. The number of hydrogen-bond donors (Lipinski definition) is 1. The van der Waals surface area contributed by atoms with Gasteiger partial charge in [0.25, 0.3) is 0 Å². The number of rotatable bonds is 7. The Hall–Kier alpha value is -1.61. The number of carbonyl (C=O) groups excluding carboxylic acids is 1. The molecule has 0 aliphatic heterocycles. The van der Waals surface area contributed by atoms with E-state index in [1.54, 1.807) is 14.1 Å². The number of amides is 1. The van der Waals surface area contributed by atoms with Crippen molar-refractivity contribution in [1.29, 1.82) is 0 Å². The van der Waals surface area contributed by atoms with Crippen LogP contribution in [0.2, 0.25) is 0 Å². The Labute approximate surface area is 125 Å². The minimum atomic E-state index is -3.83. The first-order chi connectivity index (χ1) is 9.73. The largest absolute Gasteiger partial charge is 0.381 e. The van der Waals surface area contributed by atoms with Gasteiger partial charge >= 0.3 is 0 Å². The normalized spacial score (nSPS) is 11.9. The van der Waals surface area contributed by atoms with Crippen molar-refractivity contribution in [2.75, 3.05) is 32.9 Å². The third-order valence-corrected chi connectivity index (χ3v) is 4.84. The Bertz CT molecular complexity index is 594. The number of aryl methyl sites for hydroxylation is 1. The maximum absolute atomic E-state index is 12.7. The molecular formula is C12H23N5O3S. The third-order valence-electron chi connectivity index (χ3n) is 2.98. The molecular weight excluding hydrogens is 294 g/mol. The lowest BCUT2D eigenvalue weighted by atomic mass is 10.4. The van der Waals surface area contributed by atoms with E-state index >= 15 is 0 Å². The number of nitrogens with two attached hydrogens (primary N) is 1. The summed E-state index contributed by atoms with van der Waals surface area (Å²) >= 11 is 0. The van der Waals surface area contributed by atoms with Crippen LogP contribution in [0.15, 0.2) is 11.1 Å². The molecule has 120 valence electrons. The highest BCUT2D eigenvalue weighted by molar-refractivity contribution is 7.89. The zero-order valence-electron chi connectivity index (χ0n) is 12.9. The van der Waals surface area contributed by atoms with Crippen molar-refractivity contribution in [2.24, 2.45) is 0 Å². The predicted octanol–water partition coefficient (Wildman–Crippen LogP) is -0.0259. The second-order valence-corrected chi connectivity index (χ2v) is 6.77. The smallest absolute Gasteiger partial charge is 0.248 e. The first kappa shape index (κ1) is 17.4. The topological polar surface area (TPSA) is 102 Å². The lowest BCUT2D eigenvalue weighted by Crippen LogP contribution is -2.40. The Balaban J connectivity index is 3.15. The zero-order chi connectivity index (χ0) is 16.2. The standard InChI is InChI=1S/C12H23N5O3S/c1-5-7-17(9-11(18)15(3)4)21(19,20)10-8-16(6-2)14-12(10)13/h8H,5-7,9H2,1-4H3,(H2,13,14). The van der Waals surface area contributed by atoms with Crippen LogP contribution in [0.3, 0.4) is 0 Å². The highest BCUT2D eigenvalue weighted by Gasteiger charge is 2.30. The molecule has 1 amide bonds. The van der Waals surface area contributed by atoms with Crippen LogP contribution in [-0.2, 0) is 21.4 Å². The van der Waals surface area contributed by atoms with Gasteiger partial charge in [-0.3, -0.25) is 9.48 Å². The molecule has 0 radical (unpaired) electrons. The fourth-order valence-corrected chi connectivity index (χ4v) is 3.29. The first-order valence-corrected chi connectivity index (χ1v) is 8.21. The fourth-order valence-electron chi connectivity index (χ4n) is 1.74. The van der Waals surface area contributed by atoms with Crippen molar-refractivity contribution in [3.05, 3.63) is 6.20 Å². The number of nitrogens with zero attached hydrogens (tertiary/aromatic N) is 4. The highest BCUT2D eigenvalue weighted by Crippen LogP contribution is 2.21. The van der Waals surface area contributed by atoms with Crippen LogP contribution in [0.1, 0.15) is 20.3 Å². The molecule has 0 aliphatic rings. The minimum Gasteiger partial charge on any atom is -0.381 e. The summed E-state index contributed by atoms with van der Waals surface area (Å²) in [5.41, 5.74) is 5.69. The number of carbonyl (C=O) groups is 1. The molecule has 0 saturated carbocycles. The summed E-state index contributed by atoms with van der Waals surface area (Å²) in [5, 5.41) is 3.95. The number of likely N-dealkylation sites (N-methyl/N-ethyl adjacent to an activating group) is 1. The Kier molecular flexibility index (Phi) is 5.73. The van der Waals surface area contributed by atoms with E-state index in [-0.39, 0.29) is 29.7 Å². The molecule has 21 heavy (non-hydrogen) atoms. The van der Waals surface area contributed by atoms with Gasteiger partial charge in [0.05, 0.1) is 6.54 Å². The van der Waals surface area contributed by atoms with Crippen LogP contribution in [0.4, 0.5) is 5.82 Å². The van der Waals surface area contributed by atoms with Gasteiger partial charge in [-0.15, -0.1) is 0 Å². The lowest BCUT2D eigenvalue weighted by Gasteiger charge is -2.22. The number of hydrogen-bond acceptors (Lipinski definition) is 5. The summed E-state index contributed by atoms with van der Waals surface area (Å²) < 4.78 is 27.9. The van der Waals surface area contributed by atoms with Crippen LogP contribution in [0.5, 0.6) is 0 Å². The summed E-state index contributed by atoms with van der Waals surface area (Å²) in [6.45, 7) is 4.24. The first-order valence-electron chi connectivity index (χ1n) is 6.77. The second-order valence-electron chi connectivity index (χ2n) is 4.86. The molecule has 0 bridgehead atoms. The van der Waals surface area contributed by atoms with Crippen LogP contribution >= 0.6 is 0 Å². The van der Waals surface area contributed by atoms with E-state index in [9.17, 15) is 13.2 Å². The number of aromatic nitrogens is 2. The predicted molar refractivity (Wildman–Crippen MR) is 80.1 cm³/mol. The quantitative estimate of drug-likeness (QED) is 0.761. The third kappa shape index (κ3) is 3.94. The van der Waals surface area contributed by atoms with E-state index in [1.807, 2.05) is 13.8 Å². The van der Waals surface area contributed by atoms with Crippen LogP contribution in [0, 0.1) is 0 Å². The highest BCUT2D eigenvalue weighted by atomic mass is 32.2. The Morgan fingerprint density at radius 1 is 1.38 bits per heavy atom. The maximum atomic E-state index is 12.7. The van der Waals surface area contributed by atoms with Crippen LogP contribution in [0.25, 0.3) is 0 Å². The number of sulfonamides is 1. The van der Waals surface area contributed by atoms with Gasteiger partial charge < -0.3 is 10.6 Å². The van der Waals surface area contributed by atoms with Crippen molar-refractivity contribution in [3.63, 3.8) is 0 Å². The SMILES string of the molecule is CCCN(CC(=O)N(C)C)S(=O)(=O)c1cn(CC)nc1N. The molecule has 0 aliphatic carbocycles. The van der Waals surface area contributed by atoms with Crippen LogP contribution < -0.4 is 5.73 Å². The second kappa shape index (κ2) is 6.90. The minimum absolute atomic E-state index is 0.0461. The molecule has 1 heterocycles. The van der Waals surface area contributed by atoms with E-state index in [0.717, 1.165) is 4.31 Å². The fraction of sp³-hybridized carbons (Fsp3) is 0.667. The summed E-state index contributed by atoms with van der Waals surface area (Å²) in [5.74, 6) is -0.330. The maximum Gasteiger partial charge on any atom is 0.248 e. The van der Waals surface area contributed by atoms with Gasteiger partial charge in [0.1, 0.15) is 4.90 Å². The molecule has 9 heteroatoms. The molecule has 2 N–H and O–H groups in total. The number of nitrogen functional groups attached to an aromatic ring is 1. The monoisotopic (exact) mass is 317 g/mol. The average molecular weight is 317 g/mol. The summed E-state index contributed by atoms with van der Waals surface area (Å²) in [6, 6.07) is 0. The van der Waals surface area contributed by atoms with E-state index in [2.05, 4.69) is 5.10 Å². The number of anilines is 1. The van der Waals surface area contributed by atoms with Crippen molar-refractivity contribution < 1.29 is 13.2 Å². The lowest BCUT2D eigenvalue weighted by molar-refractivity contribution is -0.128.